The Bertz CT molecular complexity index is 1250. The quantitative estimate of drug-likeness (QED) is 0.156. The number of benzene rings is 4. The Morgan fingerprint density at radius 2 is 1.00 bits per heavy atom. The molecule has 8 heteroatoms. The molecule has 0 heterocycles. The maximum absolute atomic E-state index is 5.95. The molecule has 0 aromatic heterocycles. The summed E-state index contributed by atoms with van der Waals surface area (Å²) >= 11 is 0. The molecule has 4 aromatic rings. The van der Waals surface area contributed by atoms with Gasteiger partial charge in [-0.05, 0) is 63.2 Å². The molecule has 6 nitrogen and oxygen atoms in total. The number of halogens is 1. The number of ether oxygens (including phenoxy) is 6. The minimum atomic E-state index is -1.01. The maximum atomic E-state index is 5.95. The van der Waals surface area contributed by atoms with Gasteiger partial charge >= 0.3 is 0 Å². The summed E-state index contributed by atoms with van der Waals surface area (Å²) in [6, 6.07) is 30.0. The van der Waals surface area contributed by atoms with Crippen molar-refractivity contribution in [3.63, 3.8) is 0 Å². The normalized spacial score (nSPS) is 10.2. The van der Waals surface area contributed by atoms with Gasteiger partial charge in [0.2, 0.25) is 0 Å². The summed E-state index contributed by atoms with van der Waals surface area (Å²) in [6.45, 7) is 4.74. The van der Waals surface area contributed by atoms with Crippen LogP contribution in [0, 0.1) is 13.8 Å². The highest BCUT2D eigenvalue weighted by Crippen LogP contribution is 2.44. The molecule has 0 aliphatic rings. The predicted octanol–water partition coefficient (Wildman–Crippen LogP) is 6.15. The first-order valence-corrected chi connectivity index (χ1v) is 13.8. The third-order valence-electron chi connectivity index (χ3n) is 5.81. The average molecular weight is 585 g/mol. The summed E-state index contributed by atoms with van der Waals surface area (Å²) < 4.78 is 32.6. The topological polar surface area (TPSA) is 55.4 Å². The Balaban J connectivity index is 0.000000431. The molecule has 0 saturated heterocycles. The standard InChI is InChI=1S/C24H27O4P.C8H10O2.ClH/c1-17-10-8-13-20(26-4)23(17)29(24-18(2)11-9-14-21(24)27-5)22-15-7-6-12-19(22)28-16-25-3;1-9-7-10-8-5-3-2-4-6-8;/h6-15H,16H2,1-5H3;2-6H,7H2,1H3;1H. The van der Waals surface area contributed by atoms with Crippen molar-refractivity contribution in [1.82, 2.24) is 0 Å². The third kappa shape index (κ3) is 8.61. The summed E-state index contributed by atoms with van der Waals surface area (Å²) in [4.78, 5) is 0. The van der Waals surface area contributed by atoms with Gasteiger partial charge in [-0.1, -0.05) is 60.7 Å². The molecule has 0 bridgehead atoms. The fraction of sp³-hybridized carbons (Fsp3) is 0.250. The molecule has 0 spiro atoms. The Labute approximate surface area is 245 Å². The van der Waals surface area contributed by atoms with Gasteiger partial charge in [0.1, 0.15) is 23.0 Å². The minimum absolute atomic E-state index is 0. The summed E-state index contributed by atoms with van der Waals surface area (Å²) in [7, 11) is 5.65. The van der Waals surface area contributed by atoms with E-state index in [9.17, 15) is 0 Å². The zero-order valence-corrected chi connectivity index (χ0v) is 25.6. The molecule has 0 fully saturated rings. The van der Waals surface area contributed by atoms with Gasteiger partial charge in [-0.25, -0.2) is 0 Å². The van der Waals surface area contributed by atoms with E-state index >= 15 is 0 Å². The fourth-order valence-corrected chi connectivity index (χ4v) is 6.98. The highest BCUT2D eigenvalue weighted by atomic mass is 35.5. The van der Waals surface area contributed by atoms with Crippen LogP contribution in [0.4, 0.5) is 0 Å². The molecule has 4 rings (SSSR count). The summed E-state index contributed by atoms with van der Waals surface area (Å²) in [6.07, 6.45) is 0. The van der Waals surface area contributed by atoms with Gasteiger partial charge in [-0.15, -0.1) is 12.4 Å². The Kier molecular flexibility index (Phi) is 14.3. The van der Waals surface area contributed by atoms with Gasteiger partial charge in [0.25, 0.3) is 0 Å². The van der Waals surface area contributed by atoms with E-state index in [2.05, 4.69) is 32.0 Å². The zero-order valence-electron chi connectivity index (χ0n) is 23.9. The monoisotopic (exact) mass is 584 g/mol. The van der Waals surface area contributed by atoms with E-state index in [1.807, 2.05) is 72.8 Å². The van der Waals surface area contributed by atoms with Crippen LogP contribution in [0.5, 0.6) is 23.0 Å². The molecule has 4 aromatic carbocycles. The van der Waals surface area contributed by atoms with Crippen molar-refractivity contribution in [2.24, 2.45) is 0 Å². The highest BCUT2D eigenvalue weighted by Gasteiger charge is 2.29. The second-order valence-corrected chi connectivity index (χ2v) is 10.5. The van der Waals surface area contributed by atoms with Crippen molar-refractivity contribution in [1.29, 1.82) is 0 Å². The van der Waals surface area contributed by atoms with Crippen LogP contribution in [0.1, 0.15) is 11.1 Å². The maximum Gasteiger partial charge on any atom is 0.188 e. The van der Waals surface area contributed by atoms with Crippen LogP contribution >= 0.6 is 20.3 Å². The van der Waals surface area contributed by atoms with E-state index in [1.54, 1.807) is 28.4 Å². The van der Waals surface area contributed by atoms with Gasteiger partial charge in [-0.2, -0.15) is 0 Å². The van der Waals surface area contributed by atoms with E-state index < -0.39 is 7.92 Å². The molecule has 0 atom stereocenters. The second kappa shape index (κ2) is 17.4. The van der Waals surface area contributed by atoms with Crippen LogP contribution in [0.25, 0.3) is 0 Å². The molecule has 0 radical (unpaired) electrons. The lowest BCUT2D eigenvalue weighted by Gasteiger charge is -2.27. The number of hydrogen-bond acceptors (Lipinski definition) is 6. The first-order valence-electron chi connectivity index (χ1n) is 12.5. The van der Waals surface area contributed by atoms with Gasteiger partial charge in [0, 0.05) is 30.1 Å². The number of methoxy groups -OCH3 is 4. The van der Waals surface area contributed by atoms with E-state index in [-0.39, 0.29) is 19.2 Å². The van der Waals surface area contributed by atoms with E-state index in [4.69, 9.17) is 28.4 Å². The minimum Gasteiger partial charge on any atom is -0.496 e. The smallest absolute Gasteiger partial charge is 0.188 e. The molecule has 0 saturated carbocycles. The number of hydrogen-bond donors (Lipinski definition) is 0. The Morgan fingerprint density at radius 3 is 1.52 bits per heavy atom. The molecular formula is C32H38ClO6P. The van der Waals surface area contributed by atoms with Crippen molar-refractivity contribution in [2.75, 3.05) is 42.0 Å². The summed E-state index contributed by atoms with van der Waals surface area (Å²) in [5.74, 6) is 3.37. The van der Waals surface area contributed by atoms with Crippen LogP contribution in [0.3, 0.4) is 0 Å². The molecule has 214 valence electrons. The molecule has 0 unspecified atom stereocenters. The van der Waals surface area contributed by atoms with Gasteiger partial charge in [0.15, 0.2) is 13.6 Å². The average Bonchev–Trinajstić information content (AvgIpc) is 2.97. The first kappa shape index (κ1) is 32.9. The highest BCUT2D eigenvalue weighted by molar-refractivity contribution is 7.80. The molecule has 40 heavy (non-hydrogen) atoms. The Morgan fingerprint density at radius 1 is 0.525 bits per heavy atom. The number of aryl methyl sites for hydroxylation is 2. The van der Waals surface area contributed by atoms with Crippen LogP contribution in [-0.2, 0) is 9.47 Å². The van der Waals surface area contributed by atoms with E-state index in [0.29, 0.717) is 6.79 Å². The van der Waals surface area contributed by atoms with Gasteiger partial charge < -0.3 is 28.4 Å². The molecular weight excluding hydrogens is 547 g/mol. The lowest BCUT2D eigenvalue weighted by atomic mass is 10.2. The van der Waals surface area contributed by atoms with E-state index in [1.165, 1.54) is 11.1 Å². The van der Waals surface area contributed by atoms with Crippen LogP contribution in [0.15, 0.2) is 91.0 Å². The second-order valence-electron chi connectivity index (χ2n) is 8.47. The SMILES string of the molecule is COCOc1ccccc1.COCOc1ccccc1P(c1c(C)cccc1OC)c1c(C)cccc1OC.Cl. The first-order chi connectivity index (χ1) is 19.0. The largest absolute Gasteiger partial charge is 0.496 e. The number of para-hydroxylation sites is 2. The van der Waals surface area contributed by atoms with Gasteiger partial charge in [-0.3, -0.25) is 0 Å². The number of rotatable bonds is 11. The lowest BCUT2D eigenvalue weighted by molar-refractivity contribution is 0.0511. The van der Waals surface area contributed by atoms with Crippen LogP contribution < -0.4 is 34.9 Å². The zero-order chi connectivity index (χ0) is 28.0. The van der Waals surface area contributed by atoms with Gasteiger partial charge in [0.05, 0.1) is 14.2 Å². The predicted molar refractivity (Wildman–Crippen MR) is 166 cm³/mol. The molecule has 0 aliphatic carbocycles. The van der Waals surface area contributed by atoms with Crippen LogP contribution in [-0.4, -0.2) is 42.0 Å². The van der Waals surface area contributed by atoms with Crippen molar-refractivity contribution in [3.8, 4) is 23.0 Å². The lowest BCUT2D eigenvalue weighted by Crippen LogP contribution is -2.27. The fourth-order valence-electron chi connectivity index (χ4n) is 4.05. The third-order valence-corrected chi connectivity index (χ3v) is 8.71. The van der Waals surface area contributed by atoms with E-state index in [0.717, 1.165) is 38.9 Å². The molecule has 0 amide bonds. The van der Waals surface area contributed by atoms with Crippen LogP contribution in [0.2, 0.25) is 0 Å². The molecule has 0 aliphatic heterocycles. The van der Waals surface area contributed by atoms with Crippen molar-refractivity contribution < 1.29 is 28.4 Å². The summed E-state index contributed by atoms with van der Waals surface area (Å²) in [5, 5.41) is 3.41. The molecule has 0 N–H and O–H groups in total. The summed E-state index contributed by atoms with van der Waals surface area (Å²) in [5.41, 5.74) is 2.34. The van der Waals surface area contributed by atoms with Crippen molar-refractivity contribution in [3.05, 3.63) is 102 Å². The van der Waals surface area contributed by atoms with Crippen molar-refractivity contribution in [2.45, 2.75) is 13.8 Å². The van der Waals surface area contributed by atoms with Crippen molar-refractivity contribution >= 4 is 36.2 Å². The Hall–Kier alpha value is -3.28.